The normalized spacial score (nSPS) is 17.0. The molecule has 1 N–H and O–H groups in total. The first-order valence-electron chi connectivity index (χ1n) is 11.7. The van der Waals surface area contributed by atoms with Crippen LogP contribution in [-0.2, 0) is 9.53 Å². The van der Waals surface area contributed by atoms with Gasteiger partial charge in [-0.3, -0.25) is 19.8 Å². The highest BCUT2D eigenvalue weighted by molar-refractivity contribution is 5.92. The van der Waals surface area contributed by atoms with Crippen LogP contribution in [0.15, 0.2) is 48.8 Å². The van der Waals surface area contributed by atoms with Gasteiger partial charge in [0.2, 0.25) is 0 Å². The summed E-state index contributed by atoms with van der Waals surface area (Å²) in [6.07, 6.45) is 4.10. The van der Waals surface area contributed by atoms with Gasteiger partial charge in [0.05, 0.1) is 17.5 Å². The van der Waals surface area contributed by atoms with E-state index in [0.29, 0.717) is 23.3 Å². The lowest BCUT2D eigenvalue weighted by Crippen LogP contribution is -2.46. The van der Waals surface area contributed by atoms with Crippen molar-refractivity contribution in [3.8, 4) is 5.75 Å². The number of methoxy groups -OCH3 is 1. The third-order valence-corrected chi connectivity index (χ3v) is 6.29. The molecule has 4 rings (SSSR count). The molecule has 0 aliphatic carbocycles. The van der Waals surface area contributed by atoms with E-state index in [2.05, 4.69) is 15.3 Å². The third kappa shape index (κ3) is 5.65. The van der Waals surface area contributed by atoms with Crippen molar-refractivity contribution < 1.29 is 19.2 Å². The average molecular weight is 480 g/mol. The fraction of sp³-hybridized carbons (Fsp3) is 0.400. The van der Waals surface area contributed by atoms with Crippen molar-refractivity contribution in [1.82, 2.24) is 14.9 Å². The van der Waals surface area contributed by atoms with Crippen LogP contribution in [0.1, 0.15) is 37.8 Å². The van der Waals surface area contributed by atoms with Crippen LogP contribution in [0.3, 0.4) is 0 Å². The quantitative estimate of drug-likeness (QED) is 0.274. The number of carbonyl (C=O) groups excluding carboxylic acids is 1. The van der Waals surface area contributed by atoms with Crippen molar-refractivity contribution >= 4 is 28.4 Å². The number of hydrogen-bond donors (Lipinski definition) is 1. The van der Waals surface area contributed by atoms with E-state index < -0.39 is 4.92 Å². The summed E-state index contributed by atoms with van der Waals surface area (Å²) in [4.78, 5) is 34.1. The number of fused-ring (bicyclic) bond motifs is 1. The van der Waals surface area contributed by atoms with E-state index in [1.807, 2.05) is 42.2 Å². The molecule has 1 fully saturated rings. The van der Waals surface area contributed by atoms with Gasteiger partial charge in [0.25, 0.3) is 0 Å². The summed E-state index contributed by atoms with van der Waals surface area (Å²) in [5.41, 5.74) is 1.44. The number of piperidine rings is 1. The number of rotatable bonds is 9. The summed E-state index contributed by atoms with van der Waals surface area (Å²) >= 11 is 0. The van der Waals surface area contributed by atoms with Gasteiger partial charge in [0, 0.05) is 30.1 Å². The predicted octanol–water partition coefficient (Wildman–Crippen LogP) is 4.12. The van der Waals surface area contributed by atoms with Gasteiger partial charge in [-0.05, 0) is 31.9 Å². The lowest BCUT2D eigenvalue weighted by Gasteiger charge is -2.33. The Labute approximate surface area is 203 Å². The Morgan fingerprint density at radius 1 is 1.26 bits per heavy atom. The lowest BCUT2D eigenvalue weighted by atomic mass is 10.0. The molecule has 3 aromatic rings. The topological polar surface area (TPSA) is 120 Å². The van der Waals surface area contributed by atoms with E-state index in [0.717, 1.165) is 31.4 Å². The zero-order valence-electron chi connectivity index (χ0n) is 19.8. The maximum atomic E-state index is 12.1. The molecule has 0 spiro atoms. The Hall–Kier alpha value is -3.79. The Morgan fingerprint density at radius 3 is 2.80 bits per heavy atom. The van der Waals surface area contributed by atoms with Crippen molar-refractivity contribution in [2.75, 3.05) is 32.1 Å². The molecule has 10 nitrogen and oxygen atoms in total. The van der Waals surface area contributed by atoms with Gasteiger partial charge < -0.3 is 14.8 Å². The molecule has 0 bridgehead atoms. The van der Waals surface area contributed by atoms with E-state index in [-0.39, 0.29) is 36.1 Å². The van der Waals surface area contributed by atoms with Crippen molar-refractivity contribution in [3.05, 3.63) is 64.5 Å². The van der Waals surface area contributed by atoms with Crippen molar-refractivity contribution in [2.24, 2.45) is 0 Å². The Kier molecular flexibility index (Phi) is 7.71. The van der Waals surface area contributed by atoms with Gasteiger partial charge in [-0.15, -0.1) is 0 Å². The summed E-state index contributed by atoms with van der Waals surface area (Å²) in [7, 11) is 1.38. The second kappa shape index (κ2) is 11.1. The first kappa shape index (κ1) is 24.3. The number of benzene rings is 2. The van der Waals surface area contributed by atoms with Crippen molar-refractivity contribution in [1.29, 1.82) is 0 Å². The first-order chi connectivity index (χ1) is 17.0. The molecule has 2 unspecified atom stereocenters. The van der Waals surface area contributed by atoms with Crippen LogP contribution in [0.4, 0.5) is 11.5 Å². The molecule has 1 aromatic heterocycles. The van der Waals surface area contributed by atoms with Crippen LogP contribution in [0, 0.1) is 10.1 Å². The number of anilines is 1. The predicted molar refractivity (Wildman–Crippen MR) is 131 cm³/mol. The highest BCUT2D eigenvalue weighted by Crippen LogP contribution is 2.34. The number of nitro benzene ring substituents is 1. The number of likely N-dealkylation sites (tertiary alicyclic amines) is 1. The summed E-state index contributed by atoms with van der Waals surface area (Å²) in [6, 6.07) is 12.5. The van der Waals surface area contributed by atoms with E-state index in [9.17, 15) is 14.9 Å². The van der Waals surface area contributed by atoms with Gasteiger partial charge in [-0.25, -0.2) is 9.97 Å². The van der Waals surface area contributed by atoms with Crippen LogP contribution in [0.5, 0.6) is 5.75 Å². The molecule has 0 radical (unpaired) electrons. The number of ether oxygens (including phenoxy) is 2. The number of carbonyl (C=O) groups is 1. The largest absolute Gasteiger partial charge is 0.485 e. The number of esters is 1. The molecule has 0 saturated carbocycles. The minimum Gasteiger partial charge on any atom is -0.485 e. The summed E-state index contributed by atoms with van der Waals surface area (Å²) in [5, 5.41) is 15.7. The second-order valence-electron chi connectivity index (χ2n) is 8.51. The van der Waals surface area contributed by atoms with Gasteiger partial charge >= 0.3 is 11.7 Å². The highest BCUT2D eigenvalue weighted by Gasteiger charge is 2.29. The Bertz CT molecular complexity index is 1190. The number of hydrogen-bond acceptors (Lipinski definition) is 9. The molecule has 0 amide bonds. The molecule has 1 aliphatic rings. The van der Waals surface area contributed by atoms with E-state index in [4.69, 9.17) is 9.47 Å². The number of nitrogens with zero attached hydrogens (tertiary/aromatic N) is 4. The van der Waals surface area contributed by atoms with Crippen LogP contribution in [-0.4, -0.2) is 58.6 Å². The minimum atomic E-state index is -0.468. The Morgan fingerprint density at radius 2 is 2.06 bits per heavy atom. The van der Waals surface area contributed by atoms with E-state index in [1.54, 1.807) is 6.07 Å². The van der Waals surface area contributed by atoms with Gasteiger partial charge in [-0.2, -0.15) is 0 Å². The zero-order valence-corrected chi connectivity index (χ0v) is 19.8. The fourth-order valence-electron chi connectivity index (χ4n) is 4.41. The minimum absolute atomic E-state index is 0.0587. The van der Waals surface area contributed by atoms with Crippen molar-refractivity contribution in [3.63, 3.8) is 0 Å². The van der Waals surface area contributed by atoms with E-state index >= 15 is 0 Å². The van der Waals surface area contributed by atoms with Crippen LogP contribution in [0.25, 0.3) is 10.9 Å². The second-order valence-corrected chi connectivity index (χ2v) is 8.51. The molecular formula is C25H29N5O5. The molecule has 10 heteroatoms. The standard InChI is InChI=1S/C25H29N5O5/c1-17(18-8-4-3-5-9-18)28-24-19-14-22(30(32)33)23(15-20(19)26-16-27-24)35-13-12-29-11-7-6-10-21(29)25(31)34-2/h3-5,8-9,14-17,21H,6-7,10-13H2,1-2H3,(H,26,27,28). The van der Waals surface area contributed by atoms with Gasteiger partial charge in [-0.1, -0.05) is 36.8 Å². The fourth-order valence-corrected chi connectivity index (χ4v) is 4.41. The molecule has 184 valence electrons. The summed E-state index contributed by atoms with van der Waals surface area (Å²) < 4.78 is 10.8. The molecular weight excluding hydrogens is 450 g/mol. The lowest BCUT2D eigenvalue weighted by molar-refractivity contribution is -0.385. The number of nitrogens with one attached hydrogen (secondary N) is 1. The highest BCUT2D eigenvalue weighted by atomic mass is 16.6. The Balaban J connectivity index is 1.53. The molecule has 2 heterocycles. The molecule has 2 atom stereocenters. The monoisotopic (exact) mass is 479 g/mol. The first-order valence-corrected chi connectivity index (χ1v) is 11.7. The number of aromatic nitrogens is 2. The SMILES string of the molecule is COC(=O)C1CCCCN1CCOc1cc2ncnc(NC(C)c3ccccc3)c2cc1[N+](=O)[O-]. The third-order valence-electron chi connectivity index (χ3n) is 6.29. The van der Waals surface area contributed by atoms with Gasteiger partial charge in [0.1, 0.15) is 24.8 Å². The molecule has 2 aromatic carbocycles. The average Bonchev–Trinajstić information content (AvgIpc) is 2.88. The number of nitro groups is 1. The molecule has 1 aliphatic heterocycles. The maximum absolute atomic E-state index is 12.1. The molecule has 35 heavy (non-hydrogen) atoms. The van der Waals surface area contributed by atoms with Crippen LogP contribution in [0.2, 0.25) is 0 Å². The van der Waals surface area contributed by atoms with Crippen LogP contribution >= 0.6 is 0 Å². The van der Waals surface area contributed by atoms with Gasteiger partial charge in [0.15, 0.2) is 5.75 Å². The maximum Gasteiger partial charge on any atom is 0.323 e. The smallest absolute Gasteiger partial charge is 0.323 e. The molecule has 1 saturated heterocycles. The summed E-state index contributed by atoms with van der Waals surface area (Å²) in [5.74, 6) is 0.382. The van der Waals surface area contributed by atoms with E-state index in [1.165, 1.54) is 19.5 Å². The summed E-state index contributed by atoms with van der Waals surface area (Å²) in [6.45, 7) is 3.41. The zero-order chi connectivity index (χ0) is 24.8. The van der Waals surface area contributed by atoms with Crippen LogP contribution < -0.4 is 10.1 Å². The van der Waals surface area contributed by atoms with Crippen molar-refractivity contribution in [2.45, 2.75) is 38.3 Å².